The van der Waals surface area contributed by atoms with E-state index in [1.54, 1.807) is 6.92 Å². The Kier molecular flexibility index (Phi) is 5.80. The number of ether oxygens (including phenoxy) is 1. The summed E-state index contributed by atoms with van der Waals surface area (Å²) in [6.07, 6.45) is 0.134. The van der Waals surface area contributed by atoms with Crippen LogP contribution in [0.5, 0.6) is 0 Å². The predicted octanol–water partition coefficient (Wildman–Crippen LogP) is 0.345. The molecule has 0 saturated carbocycles. The summed E-state index contributed by atoms with van der Waals surface area (Å²) in [5.74, 6) is -1.58. The SMILES string of the molecule is Cc1cn([C@@H]2C[C@H]3O[P+](O)(OCC[C@@H](C)C(=O)O)OC[C@@H]3O2)c(=O)[nH]c1=O. The highest BCUT2D eigenvalue weighted by Crippen LogP contribution is 2.63. The molecule has 12 heteroatoms. The monoisotopic (exact) mass is 405 g/mol. The lowest BCUT2D eigenvalue weighted by Crippen LogP contribution is -2.35. The van der Waals surface area contributed by atoms with Crippen molar-refractivity contribution in [1.29, 1.82) is 0 Å². The van der Waals surface area contributed by atoms with Crippen molar-refractivity contribution in [2.75, 3.05) is 13.2 Å². The number of rotatable bonds is 6. The molecule has 0 bridgehead atoms. The fourth-order valence-corrected chi connectivity index (χ4v) is 4.27. The summed E-state index contributed by atoms with van der Waals surface area (Å²) in [5, 5.41) is 8.86. The Hall–Kier alpha value is -1.62. The van der Waals surface area contributed by atoms with Crippen molar-refractivity contribution < 1.29 is 33.1 Å². The van der Waals surface area contributed by atoms with Crippen molar-refractivity contribution >= 4 is 14.1 Å². The van der Waals surface area contributed by atoms with Gasteiger partial charge in [-0.1, -0.05) is 6.92 Å². The van der Waals surface area contributed by atoms with Crippen LogP contribution in [0.15, 0.2) is 15.8 Å². The Labute approximate surface area is 154 Å². The molecule has 1 aromatic rings. The summed E-state index contributed by atoms with van der Waals surface area (Å²) in [6, 6.07) is 0. The largest absolute Gasteiger partial charge is 0.573 e. The van der Waals surface area contributed by atoms with Crippen LogP contribution >= 0.6 is 8.17 Å². The number of aromatic nitrogens is 2. The Morgan fingerprint density at radius 3 is 2.93 bits per heavy atom. The van der Waals surface area contributed by atoms with Crippen LogP contribution in [0.4, 0.5) is 0 Å². The van der Waals surface area contributed by atoms with Crippen molar-refractivity contribution in [3.63, 3.8) is 0 Å². The molecule has 2 aliphatic rings. The molecule has 2 saturated heterocycles. The average Bonchev–Trinajstić information content (AvgIpc) is 3.00. The van der Waals surface area contributed by atoms with Gasteiger partial charge in [0, 0.05) is 18.2 Å². The molecular weight excluding hydrogens is 383 g/mol. The number of aromatic amines is 1. The van der Waals surface area contributed by atoms with Gasteiger partial charge in [-0.15, -0.1) is 4.52 Å². The minimum atomic E-state index is -3.59. The van der Waals surface area contributed by atoms with Gasteiger partial charge in [-0.3, -0.25) is 19.1 Å². The molecule has 0 amide bonds. The Bertz CT molecular complexity index is 824. The van der Waals surface area contributed by atoms with E-state index in [-0.39, 0.29) is 26.1 Å². The number of nitrogens with one attached hydrogen (secondary N) is 1. The summed E-state index contributed by atoms with van der Waals surface area (Å²) < 4.78 is 23.1. The molecule has 150 valence electrons. The van der Waals surface area contributed by atoms with Gasteiger partial charge in [-0.2, -0.15) is 13.9 Å². The van der Waals surface area contributed by atoms with Crippen molar-refractivity contribution in [2.45, 2.75) is 45.1 Å². The zero-order valence-electron chi connectivity index (χ0n) is 14.9. The number of fused-ring (bicyclic) bond motifs is 1. The number of carboxylic acid groups (broad SMARTS) is 1. The number of nitrogens with zero attached hydrogens (tertiary/aromatic N) is 1. The van der Waals surface area contributed by atoms with Crippen LogP contribution < -0.4 is 11.2 Å². The first-order chi connectivity index (χ1) is 12.7. The molecule has 11 nitrogen and oxygen atoms in total. The van der Waals surface area contributed by atoms with Crippen molar-refractivity contribution in [1.82, 2.24) is 9.55 Å². The maximum atomic E-state index is 12.0. The topological polar surface area (TPSA) is 149 Å². The van der Waals surface area contributed by atoms with Crippen molar-refractivity contribution in [2.24, 2.45) is 5.92 Å². The van der Waals surface area contributed by atoms with E-state index in [1.807, 2.05) is 0 Å². The molecule has 1 aromatic heterocycles. The molecule has 0 spiro atoms. The predicted molar refractivity (Wildman–Crippen MR) is 91.9 cm³/mol. The zero-order chi connectivity index (χ0) is 19.8. The molecule has 2 aliphatic heterocycles. The van der Waals surface area contributed by atoms with E-state index in [0.29, 0.717) is 5.56 Å². The second-order valence-electron chi connectivity index (χ2n) is 6.61. The highest BCUT2D eigenvalue weighted by molar-refractivity contribution is 7.55. The van der Waals surface area contributed by atoms with E-state index >= 15 is 0 Å². The normalized spacial score (nSPS) is 31.4. The number of aryl methyl sites for hydroxylation is 1. The molecule has 0 radical (unpaired) electrons. The van der Waals surface area contributed by atoms with E-state index in [4.69, 9.17) is 23.4 Å². The van der Waals surface area contributed by atoms with Gasteiger partial charge < -0.3 is 9.84 Å². The second-order valence-corrected chi connectivity index (χ2v) is 8.28. The lowest BCUT2D eigenvalue weighted by molar-refractivity contribution is -0.141. The maximum absolute atomic E-state index is 12.0. The minimum absolute atomic E-state index is 0.0109. The van der Waals surface area contributed by atoms with Gasteiger partial charge in [-0.05, 0) is 13.3 Å². The number of hydrogen-bond acceptors (Lipinski definition) is 8. The molecule has 3 N–H and O–H groups in total. The molecular formula is C15H22N2O9P+. The lowest BCUT2D eigenvalue weighted by Gasteiger charge is -2.26. The van der Waals surface area contributed by atoms with Crippen LogP contribution in [0.2, 0.25) is 0 Å². The van der Waals surface area contributed by atoms with Gasteiger partial charge in [0.15, 0.2) is 0 Å². The summed E-state index contributed by atoms with van der Waals surface area (Å²) in [6.45, 7) is 3.09. The standard InChI is InChI=1S/C15H21N2O9P/c1-8(14(19)20)3-4-23-27(22)24-7-11-10(26-27)5-12(25-11)17-6-9(2)13(18)16-15(17)21/h6,8,10-12,22H,3-5,7H2,1-2H3,(H-,16,18,19,20,21)/p+1/t8-,10-,11+,12+,27?/m1/s1. The molecule has 0 aromatic carbocycles. The molecule has 27 heavy (non-hydrogen) atoms. The average molecular weight is 405 g/mol. The lowest BCUT2D eigenvalue weighted by atomic mass is 10.1. The van der Waals surface area contributed by atoms with E-state index in [9.17, 15) is 19.3 Å². The van der Waals surface area contributed by atoms with Crippen LogP contribution in [0.1, 0.15) is 31.6 Å². The molecule has 5 atom stereocenters. The zero-order valence-corrected chi connectivity index (χ0v) is 15.8. The molecule has 1 unspecified atom stereocenters. The number of carbonyl (C=O) groups is 1. The summed E-state index contributed by atoms with van der Waals surface area (Å²) in [4.78, 5) is 46.9. The Morgan fingerprint density at radius 1 is 1.48 bits per heavy atom. The quantitative estimate of drug-likeness (QED) is 0.570. The van der Waals surface area contributed by atoms with E-state index in [1.165, 1.54) is 17.7 Å². The molecule has 3 heterocycles. The molecule has 0 aliphatic carbocycles. The summed E-state index contributed by atoms with van der Waals surface area (Å²) in [5.41, 5.74) is -0.695. The number of carboxylic acids is 1. The van der Waals surface area contributed by atoms with Crippen molar-refractivity contribution in [3.05, 3.63) is 32.6 Å². The van der Waals surface area contributed by atoms with Gasteiger partial charge in [0.25, 0.3) is 5.56 Å². The first-order valence-electron chi connectivity index (χ1n) is 8.48. The van der Waals surface area contributed by atoms with Crippen LogP contribution in [-0.2, 0) is 23.1 Å². The number of hydrogen-bond donors (Lipinski definition) is 3. The Morgan fingerprint density at radius 2 is 2.22 bits per heavy atom. The van der Waals surface area contributed by atoms with Crippen LogP contribution in [0, 0.1) is 12.8 Å². The first kappa shape index (κ1) is 20.1. The smallest absolute Gasteiger partial charge is 0.481 e. The third-order valence-electron chi connectivity index (χ3n) is 4.53. The molecule has 3 rings (SSSR count). The minimum Gasteiger partial charge on any atom is -0.481 e. The number of aliphatic carboxylic acids is 1. The summed E-state index contributed by atoms with van der Waals surface area (Å²) >= 11 is 0. The van der Waals surface area contributed by atoms with Crippen molar-refractivity contribution in [3.8, 4) is 0 Å². The van der Waals surface area contributed by atoms with Gasteiger partial charge in [-0.25, -0.2) is 4.79 Å². The fraction of sp³-hybridized carbons (Fsp3) is 0.667. The Balaban J connectivity index is 1.62. The first-order valence-corrected chi connectivity index (χ1v) is 9.97. The maximum Gasteiger partial charge on any atom is 0.573 e. The fourth-order valence-electron chi connectivity index (χ4n) is 2.84. The van der Waals surface area contributed by atoms with E-state index in [2.05, 4.69) is 4.98 Å². The van der Waals surface area contributed by atoms with Gasteiger partial charge >= 0.3 is 19.8 Å². The highest BCUT2D eigenvalue weighted by Gasteiger charge is 2.57. The highest BCUT2D eigenvalue weighted by atomic mass is 31.2. The van der Waals surface area contributed by atoms with Crippen LogP contribution in [0.25, 0.3) is 0 Å². The third-order valence-corrected chi connectivity index (χ3v) is 6.06. The van der Waals surface area contributed by atoms with Crippen LogP contribution in [0.3, 0.4) is 0 Å². The van der Waals surface area contributed by atoms with Gasteiger partial charge in [0.05, 0.1) is 5.92 Å². The van der Waals surface area contributed by atoms with E-state index in [0.717, 1.165) is 0 Å². The van der Waals surface area contributed by atoms with Crippen LogP contribution in [-0.4, -0.2) is 50.9 Å². The third kappa shape index (κ3) is 4.45. The summed E-state index contributed by atoms with van der Waals surface area (Å²) in [7, 11) is -3.59. The van der Waals surface area contributed by atoms with Gasteiger partial charge in [0.1, 0.15) is 31.6 Å². The van der Waals surface area contributed by atoms with E-state index < -0.39 is 49.7 Å². The van der Waals surface area contributed by atoms with Gasteiger partial charge in [0.2, 0.25) is 0 Å². The molecule has 2 fully saturated rings. The second kappa shape index (κ2) is 7.78. The number of H-pyrrole nitrogens is 1.